The molecule has 1 aliphatic rings. The van der Waals surface area contributed by atoms with E-state index in [1.165, 1.54) is 12.8 Å². The molecule has 0 saturated heterocycles. The molecule has 0 aliphatic heterocycles. The molecule has 0 bridgehead atoms. The first-order chi connectivity index (χ1) is 5.20. The summed E-state index contributed by atoms with van der Waals surface area (Å²) in [5.74, 6) is 1.96. The van der Waals surface area contributed by atoms with Crippen molar-refractivity contribution in [3.8, 4) is 0 Å². The molecule has 4 atom stereocenters. The van der Waals surface area contributed by atoms with E-state index in [0.717, 1.165) is 12.3 Å². The molecule has 4 unspecified atom stereocenters. The minimum Gasteiger partial charge on any atom is -0.393 e. The smallest absolute Gasteiger partial charge is 0.0596 e. The summed E-state index contributed by atoms with van der Waals surface area (Å²) in [6.07, 6.45) is 3.60. The fourth-order valence-corrected chi connectivity index (χ4v) is 1.82. The fourth-order valence-electron chi connectivity index (χ4n) is 1.82. The molecule has 1 heteroatoms. The maximum Gasteiger partial charge on any atom is 0.0596 e. The lowest BCUT2D eigenvalue weighted by molar-refractivity contribution is 0.0873. The summed E-state index contributed by atoms with van der Waals surface area (Å²) in [5, 5.41) is 9.76. The van der Waals surface area contributed by atoms with Crippen molar-refractivity contribution < 1.29 is 5.11 Å². The van der Waals surface area contributed by atoms with E-state index < -0.39 is 0 Å². The molecule has 0 amide bonds. The van der Waals surface area contributed by atoms with Crippen molar-refractivity contribution in [1.82, 2.24) is 0 Å². The third kappa shape index (κ3) is 1.96. The van der Waals surface area contributed by atoms with Gasteiger partial charge in [0.15, 0.2) is 0 Å². The Morgan fingerprint density at radius 1 is 1.45 bits per heavy atom. The normalized spacial score (nSPS) is 34.9. The summed E-state index contributed by atoms with van der Waals surface area (Å²) in [6.45, 7) is 6.51. The molecule has 1 nitrogen and oxygen atoms in total. The third-order valence-corrected chi connectivity index (χ3v) is 3.17. The Labute approximate surface area is 69.8 Å². The molecule has 0 aromatic heterocycles. The molecular weight excluding hydrogens is 136 g/mol. The maximum absolute atomic E-state index is 9.76. The zero-order valence-electron chi connectivity index (χ0n) is 7.88. The van der Waals surface area contributed by atoms with Gasteiger partial charge < -0.3 is 5.11 Å². The Balaban J connectivity index is 2.26. The van der Waals surface area contributed by atoms with Crippen LogP contribution in [0.1, 0.15) is 40.0 Å². The van der Waals surface area contributed by atoms with E-state index in [2.05, 4.69) is 20.8 Å². The summed E-state index contributed by atoms with van der Waals surface area (Å²) in [6, 6.07) is 0. The minimum absolute atomic E-state index is 0.0232. The van der Waals surface area contributed by atoms with Gasteiger partial charge in [0.1, 0.15) is 0 Å². The molecule has 66 valence electrons. The van der Waals surface area contributed by atoms with Gasteiger partial charge in [-0.1, -0.05) is 33.6 Å². The second-order valence-corrected chi connectivity index (χ2v) is 3.94. The first-order valence-electron chi connectivity index (χ1n) is 4.88. The SMILES string of the molecule is CCC(C)C(O)C1CC1CC. The zero-order chi connectivity index (χ0) is 8.43. The van der Waals surface area contributed by atoms with Crippen LogP contribution in [0.2, 0.25) is 0 Å². The molecule has 1 fully saturated rings. The number of aliphatic hydroxyl groups excluding tert-OH is 1. The highest BCUT2D eigenvalue weighted by atomic mass is 16.3. The summed E-state index contributed by atoms with van der Waals surface area (Å²) >= 11 is 0. The highest BCUT2D eigenvalue weighted by Crippen LogP contribution is 2.45. The Hall–Kier alpha value is -0.0400. The van der Waals surface area contributed by atoms with Crippen LogP contribution in [0.25, 0.3) is 0 Å². The van der Waals surface area contributed by atoms with Crippen LogP contribution in [0.3, 0.4) is 0 Å². The fraction of sp³-hybridized carbons (Fsp3) is 1.00. The van der Waals surface area contributed by atoms with Crippen LogP contribution < -0.4 is 0 Å². The standard InChI is InChI=1S/C10H20O/c1-4-7(3)10(11)9-6-8(9)5-2/h7-11H,4-6H2,1-3H3. The van der Waals surface area contributed by atoms with Crippen molar-refractivity contribution in [2.45, 2.75) is 46.1 Å². The Bertz CT molecular complexity index is 122. The van der Waals surface area contributed by atoms with Crippen molar-refractivity contribution in [2.75, 3.05) is 0 Å². The highest BCUT2D eigenvalue weighted by molar-refractivity contribution is 4.91. The summed E-state index contributed by atoms with van der Waals surface area (Å²) < 4.78 is 0. The second-order valence-electron chi connectivity index (χ2n) is 3.94. The molecule has 1 aliphatic carbocycles. The van der Waals surface area contributed by atoms with Gasteiger partial charge in [-0.05, 0) is 24.2 Å². The monoisotopic (exact) mass is 156 g/mol. The number of aliphatic hydroxyl groups is 1. The first-order valence-corrected chi connectivity index (χ1v) is 4.88. The van der Waals surface area contributed by atoms with Gasteiger partial charge in [0.05, 0.1) is 6.10 Å². The Morgan fingerprint density at radius 2 is 2.09 bits per heavy atom. The number of rotatable bonds is 4. The maximum atomic E-state index is 9.76. The predicted octanol–water partition coefficient (Wildman–Crippen LogP) is 2.44. The summed E-state index contributed by atoms with van der Waals surface area (Å²) in [5.41, 5.74) is 0. The van der Waals surface area contributed by atoms with Gasteiger partial charge in [0.25, 0.3) is 0 Å². The van der Waals surface area contributed by atoms with E-state index in [4.69, 9.17) is 0 Å². The number of hydrogen-bond donors (Lipinski definition) is 1. The van der Waals surface area contributed by atoms with E-state index >= 15 is 0 Å². The molecule has 0 radical (unpaired) electrons. The predicted molar refractivity (Wildman–Crippen MR) is 47.3 cm³/mol. The summed E-state index contributed by atoms with van der Waals surface area (Å²) in [7, 11) is 0. The molecule has 0 heterocycles. The van der Waals surface area contributed by atoms with E-state index in [0.29, 0.717) is 11.8 Å². The molecule has 1 rings (SSSR count). The van der Waals surface area contributed by atoms with E-state index in [1.54, 1.807) is 0 Å². The van der Waals surface area contributed by atoms with Gasteiger partial charge in [-0.3, -0.25) is 0 Å². The molecule has 1 N–H and O–H groups in total. The van der Waals surface area contributed by atoms with Crippen LogP contribution in [0.5, 0.6) is 0 Å². The van der Waals surface area contributed by atoms with Crippen LogP contribution in [0.15, 0.2) is 0 Å². The van der Waals surface area contributed by atoms with Gasteiger partial charge >= 0.3 is 0 Å². The number of hydrogen-bond acceptors (Lipinski definition) is 1. The van der Waals surface area contributed by atoms with Crippen molar-refractivity contribution in [2.24, 2.45) is 17.8 Å². The lowest BCUT2D eigenvalue weighted by Gasteiger charge is -2.16. The van der Waals surface area contributed by atoms with Crippen molar-refractivity contribution in [3.63, 3.8) is 0 Å². The van der Waals surface area contributed by atoms with Gasteiger partial charge in [-0.25, -0.2) is 0 Å². The Kier molecular flexibility index (Phi) is 2.94. The van der Waals surface area contributed by atoms with E-state index in [-0.39, 0.29) is 6.10 Å². The van der Waals surface area contributed by atoms with Gasteiger partial charge in [-0.2, -0.15) is 0 Å². The average molecular weight is 156 g/mol. The van der Waals surface area contributed by atoms with Gasteiger partial charge in [0, 0.05) is 0 Å². The topological polar surface area (TPSA) is 20.2 Å². The molecule has 0 aromatic carbocycles. The average Bonchev–Trinajstić information content (AvgIpc) is 2.80. The molecule has 1 saturated carbocycles. The van der Waals surface area contributed by atoms with Gasteiger partial charge in [-0.15, -0.1) is 0 Å². The molecule has 0 spiro atoms. The van der Waals surface area contributed by atoms with Crippen LogP contribution in [-0.4, -0.2) is 11.2 Å². The van der Waals surface area contributed by atoms with Crippen LogP contribution >= 0.6 is 0 Å². The first kappa shape index (κ1) is 9.05. The van der Waals surface area contributed by atoms with E-state index in [9.17, 15) is 5.11 Å². The largest absolute Gasteiger partial charge is 0.393 e. The Morgan fingerprint density at radius 3 is 2.45 bits per heavy atom. The summed E-state index contributed by atoms with van der Waals surface area (Å²) in [4.78, 5) is 0. The zero-order valence-corrected chi connectivity index (χ0v) is 7.88. The third-order valence-electron chi connectivity index (χ3n) is 3.17. The second kappa shape index (κ2) is 3.57. The highest BCUT2D eigenvalue weighted by Gasteiger charge is 2.42. The van der Waals surface area contributed by atoms with Crippen molar-refractivity contribution in [3.05, 3.63) is 0 Å². The van der Waals surface area contributed by atoms with Crippen molar-refractivity contribution >= 4 is 0 Å². The minimum atomic E-state index is -0.0232. The molecule has 11 heavy (non-hydrogen) atoms. The lowest BCUT2D eigenvalue weighted by atomic mass is 9.97. The quantitative estimate of drug-likeness (QED) is 0.663. The van der Waals surface area contributed by atoms with Crippen molar-refractivity contribution in [1.29, 1.82) is 0 Å². The van der Waals surface area contributed by atoms with Crippen LogP contribution in [0, 0.1) is 17.8 Å². The van der Waals surface area contributed by atoms with E-state index in [1.807, 2.05) is 0 Å². The molecule has 0 aromatic rings. The molecular formula is C10H20O. The van der Waals surface area contributed by atoms with Crippen LogP contribution in [-0.2, 0) is 0 Å². The van der Waals surface area contributed by atoms with Crippen LogP contribution in [0.4, 0.5) is 0 Å². The lowest BCUT2D eigenvalue weighted by Crippen LogP contribution is -2.20. The van der Waals surface area contributed by atoms with Gasteiger partial charge in [0.2, 0.25) is 0 Å².